The molecule has 2 saturated carbocycles. The van der Waals surface area contributed by atoms with Gasteiger partial charge < -0.3 is 20.3 Å². The quantitative estimate of drug-likeness (QED) is 0.603. The number of guanidine groups is 1. The highest BCUT2D eigenvalue weighted by Gasteiger charge is 2.39. The lowest BCUT2D eigenvalue weighted by Crippen LogP contribution is -2.48. The van der Waals surface area contributed by atoms with E-state index in [9.17, 15) is 4.79 Å². The maximum absolute atomic E-state index is 11.9. The lowest BCUT2D eigenvalue weighted by atomic mass is 9.95. The number of likely N-dealkylation sites (N-methyl/N-ethyl adjacent to an activating group) is 1. The molecule has 2 bridgehead atoms. The third kappa shape index (κ3) is 4.68. The Balaban J connectivity index is 1.63. The van der Waals surface area contributed by atoms with E-state index in [1.807, 2.05) is 24.3 Å². The SMILES string of the molecule is COc1ccc(CN=C(NCC(=O)N(C)C)NC2CC3CCC2C3)cc1. The lowest BCUT2D eigenvalue weighted by Gasteiger charge is -2.25. The number of nitrogens with zero attached hydrogens (tertiary/aromatic N) is 2. The van der Waals surface area contributed by atoms with Gasteiger partial charge in [0.1, 0.15) is 5.75 Å². The van der Waals surface area contributed by atoms with Crippen LogP contribution in [0.3, 0.4) is 0 Å². The highest BCUT2D eigenvalue weighted by molar-refractivity contribution is 5.86. The second-order valence-electron chi connectivity index (χ2n) is 7.58. The van der Waals surface area contributed by atoms with Crippen molar-refractivity contribution < 1.29 is 9.53 Å². The van der Waals surface area contributed by atoms with Gasteiger partial charge in [-0.3, -0.25) is 4.79 Å². The third-order valence-electron chi connectivity index (χ3n) is 5.54. The van der Waals surface area contributed by atoms with E-state index in [0.29, 0.717) is 12.6 Å². The van der Waals surface area contributed by atoms with Crippen LogP contribution < -0.4 is 15.4 Å². The molecule has 142 valence electrons. The average Bonchev–Trinajstić information content (AvgIpc) is 3.27. The molecule has 2 aliphatic carbocycles. The summed E-state index contributed by atoms with van der Waals surface area (Å²) in [6, 6.07) is 8.39. The van der Waals surface area contributed by atoms with Gasteiger partial charge in [-0.15, -0.1) is 0 Å². The fraction of sp³-hybridized carbons (Fsp3) is 0.600. The van der Waals surface area contributed by atoms with Crippen LogP contribution in [0, 0.1) is 11.8 Å². The minimum atomic E-state index is 0.0388. The first-order valence-corrected chi connectivity index (χ1v) is 9.43. The Labute approximate surface area is 156 Å². The number of nitrogens with one attached hydrogen (secondary N) is 2. The van der Waals surface area contributed by atoms with E-state index < -0.39 is 0 Å². The van der Waals surface area contributed by atoms with E-state index in [-0.39, 0.29) is 12.5 Å². The molecule has 2 aliphatic rings. The number of rotatable bonds is 6. The molecule has 0 radical (unpaired) electrons. The minimum Gasteiger partial charge on any atom is -0.497 e. The van der Waals surface area contributed by atoms with Crippen LogP contribution in [0.25, 0.3) is 0 Å². The molecular weight excluding hydrogens is 328 g/mol. The summed E-state index contributed by atoms with van der Waals surface area (Å²) < 4.78 is 5.20. The van der Waals surface area contributed by atoms with Crippen LogP contribution >= 0.6 is 0 Å². The van der Waals surface area contributed by atoms with Gasteiger partial charge in [0.15, 0.2) is 5.96 Å². The summed E-state index contributed by atoms with van der Waals surface area (Å²) in [5.41, 5.74) is 1.11. The molecular formula is C20H30N4O2. The summed E-state index contributed by atoms with van der Waals surface area (Å²) in [4.78, 5) is 18.2. The molecule has 2 fully saturated rings. The summed E-state index contributed by atoms with van der Waals surface area (Å²) in [5, 5.41) is 6.78. The summed E-state index contributed by atoms with van der Waals surface area (Å²) in [6.45, 7) is 0.818. The van der Waals surface area contributed by atoms with Gasteiger partial charge in [-0.2, -0.15) is 0 Å². The van der Waals surface area contributed by atoms with Crippen molar-refractivity contribution in [1.82, 2.24) is 15.5 Å². The second-order valence-corrected chi connectivity index (χ2v) is 7.58. The molecule has 3 rings (SSSR count). The number of carbonyl (C=O) groups excluding carboxylic acids is 1. The molecule has 1 aromatic rings. The Morgan fingerprint density at radius 1 is 1.23 bits per heavy atom. The third-order valence-corrected chi connectivity index (χ3v) is 5.54. The van der Waals surface area contributed by atoms with Gasteiger partial charge in [-0.1, -0.05) is 18.6 Å². The predicted molar refractivity (Wildman–Crippen MR) is 103 cm³/mol. The molecule has 2 N–H and O–H groups in total. The van der Waals surface area contributed by atoms with E-state index in [1.165, 1.54) is 25.7 Å². The fourth-order valence-corrected chi connectivity index (χ4v) is 3.97. The Kier molecular flexibility index (Phi) is 6.01. The van der Waals surface area contributed by atoms with Crippen molar-refractivity contribution in [3.63, 3.8) is 0 Å². The zero-order valence-electron chi connectivity index (χ0n) is 16.0. The number of hydrogen-bond donors (Lipinski definition) is 2. The van der Waals surface area contributed by atoms with Gasteiger partial charge in [0.2, 0.25) is 5.91 Å². The fourth-order valence-electron chi connectivity index (χ4n) is 3.97. The van der Waals surface area contributed by atoms with Gasteiger partial charge in [0.25, 0.3) is 0 Å². The van der Waals surface area contributed by atoms with Gasteiger partial charge in [-0.05, 0) is 48.8 Å². The molecule has 6 nitrogen and oxygen atoms in total. The van der Waals surface area contributed by atoms with Crippen LogP contribution in [0.4, 0.5) is 0 Å². The molecule has 0 aliphatic heterocycles. The van der Waals surface area contributed by atoms with E-state index in [2.05, 4.69) is 10.6 Å². The van der Waals surface area contributed by atoms with Gasteiger partial charge >= 0.3 is 0 Å². The highest BCUT2D eigenvalue weighted by atomic mass is 16.5. The maximum Gasteiger partial charge on any atom is 0.241 e. The number of fused-ring (bicyclic) bond motifs is 2. The van der Waals surface area contributed by atoms with Crippen LogP contribution in [0.2, 0.25) is 0 Å². The Bertz CT molecular complexity index is 642. The summed E-state index contributed by atoms with van der Waals surface area (Å²) >= 11 is 0. The van der Waals surface area contributed by atoms with Crippen LogP contribution in [0.1, 0.15) is 31.2 Å². The first kappa shape index (κ1) is 18.5. The number of benzene rings is 1. The number of amides is 1. The van der Waals surface area contributed by atoms with Crippen molar-refractivity contribution >= 4 is 11.9 Å². The lowest BCUT2D eigenvalue weighted by molar-refractivity contribution is -0.127. The molecule has 0 heterocycles. The zero-order valence-corrected chi connectivity index (χ0v) is 16.0. The Hall–Kier alpha value is -2.24. The first-order chi connectivity index (χ1) is 12.5. The number of methoxy groups -OCH3 is 1. The number of aliphatic imine (C=N–C) groups is 1. The van der Waals surface area contributed by atoms with Crippen molar-refractivity contribution in [3.8, 4) is 5.75 Å². The smallest absolute Gasteiger partial charge is 0.241 e. The Morgan fingerprint density at radius 3 is 2.58 bits per heavy atom. The first-order valence-electron chi connectivity index (χ1n) is 9.43. The van der Waals surface area contributed by atoms with Crippen LogP contribution in [-0.4, -0.2) is 50.6 Å². The van der Waals surface area contributed by atoms with Crippen LogP contribution in [-0.2, 0) is 11.3 Å². The molecule has 1 amide bonds. The number of ether oxygens (including phenoxy) is 1. The van der Waals surface area contributed by atoms with Crippen molar-refractivity contribution in [3.05, 3.63) is 29.8 Å². The molecule has 0 spiro atoms. The topological polar surface area (TPSA) is 66.0 Å². The van der Waals surface area contributed by atoms with Gasteiger partial charge in [0.05, 0.1) is 20.2 Å². The van der Waals surface area contributed by atoms with Crippen LogP contribution in [0.15, 0.2) is 29.3 Å². The van der Waals surface area contributed by atoms with E-state index >= 15 is 0 Å². The molecule has 3 atom stereocenters. The van der Waals surface area contributed by atoms with Crippen molar-refractivity contribution in [2.24, 2.45) is 16.8 Å². The maximum atomic E-state index is 11.9. The molecule has 0 saturated heterocycles. The van der Waals surface area contributed by atoms with Crippen molar-refractivity contribution in [2.45, 2.75) is 38.3 Å². The molecule has 3 unspecified atom stereocenters. The number of carbonyl (C=O) groups is 1. The monoisotopic (exact) mass is 358 g/mol. The van der Waals surface area contributed by atoms with E-state index in [1.54, 1.807) is 26.1 Å². The highest BCUT2D eigenvalue weighted by Crippen LogP contribution is 2.44. The van der Waals surface area contributed by atoms with Crippen LogP contribution in [0.5, 0.6) is 5.75 Å². The standard InChI is InChI=1S/C20H30N4O2/c1-24(2)19(25)13-22-20(23-18-11-15-4-7-16(18)10-15)21-12-14-5-8-17(26-3)9-6-14/h5-6,8-9,15-16,18H,4,7,10-13H2,1-3H3,(H2,21,22,23). The summed E-state index contributed by atoms with van der Waals surface area (Å²) in [7, 11) is 5.19. The summed E-state index contributed by atoms with van der Waals surface area (Å²) in [5.74, 6) is 3.22. The zero-order chi connectivity index (χ0) is 18.5. The molecule has 1 aromatic carbocycles. The molecule has 26 heavy (non-hydrogen) atoms. The van der Waals surface area contributed by atoms with Gasteiger partial charge in [0, 0.05) is 20.1 Å². The normalized spacial score (nSPS) is 24.4. The van der Waals surface area contributed by atoms with Crippen molar-refractivity contribution in [1.29, 1.82) is 0 Å². The molecule has 0 aromatic heterocycles. The van der Waals surface area contributed by atoms with E-state index in [0.717, 1.165) is 29.1 Å². The van der Waals surface area contributed by atoms with E-state index in [4.69, 9.17) is 9.73 Å². The minimum absolute atomic E-state index is 0.0388. The molecule has 6 heteroatoms. The average molecular weight is 358 g/mol. The Morgan fingerprint density at radius 2 is 2.00 bits per heavy atom. The second kappa shape index (κ2) is 8.43. The van der Waals surface area contributed by atoms with Gasteiger partial charge in [-0.25, -0.2) is 4.99 Å². The largest absolute Gasteiger partial charge is 0.497 e. The van der Waals surface area contributed by atoms with Crippen molar-refractivity contribution in [2.75, 3.05) is 27.7 Å². The predicted octanol–water partition coefficient (Wildman–Crippen LogP) is 2.01. The summed E-state index contributed by atoms with van der Waals surface area (Å²) in [6.07, 6.45) is 5.23. The number of hydrogen-bond acceptors (Lipinski definition) is 3.